The summed E-state index contributed by atoms with van der Waals surface area (Å²) in [6, 6.07) is 11.1. The van der Waals surface area contributed by atoms with Crippen molar-refractivity contribution in [1.29, 1.82) is 0 Å². The Morgan fingerprint density at radius 3 is 2.58 bits per heavy atom. The topological polar surface area (TPSA) is 35.2 Å². The molecule has 2 nitrogen and oxygen atoms in total. The van der Waals surface area contributed by atoms with Gasteiger partial charge in [0.25, 0.3) is 0 Å². The molecule has 0 unspecified atom stereocenters. The summed E-state index contributed by atoms with van der Waals surface area (Å²) in [7, 11) is 0. The standard InChI is InChI=1S/C14H11BrClNOS/c1-8-2-5-12(11(16)6-8)18-13-7-9(15)3-4-10(13)14(17)19/h2-7H,1H3,(H2,17,19). The summed E-state index contributed by atoms with van der Waals surface area (Å²) in [6.45, 7) is 1.97. The van der Waals surface area contributed by atoms with E-state index in [2.05, 4.69) is 15.9 Å². The summed E-state index contributed by atoms with van der Waals surface area (Å²) in [6.07, 6.45) is 0. The molecule has 2 aromatic carbocycles. The zero-order chi connectivity index (χ0) is 14.0. The van der Waals surface area contributed by atoms with E-state index in [4.69, 9.17) is 34.3 Å². The number of halogens is 2. The first-order valence-corrected chi connectivity index (χ1v) is 7.08. The maximum Gasteiger partial charge on any atom is 0.146 e. The lowest BCUT2D eigenvalue weighted by atomic mass is 10.2. The lowest BCUT2D eigenvalue weighted by molar-refractivity contribution is 0.481. The van der Waals surface area contributed by atoms with E-state index in [9.17, 15) is 0 Å². The van der Waals surface area contributed by atoms with E-state index < -0.39 is 0 Å². The third-order valence-corrected chi connectivity index (χ3v) is 3.52. The summed E-state index contributed by atoms with van der Waals surface area (Å²) in [5.41, 5.74) is 7.43. The van der Waals surface area contributed by atoms with E-state index in [0.29, 0.717) is 22.1 Å². The van der Waals surface area contributed by atoms with Crippen LogP contribution in [0.25, 0.3) is 0 Å². The van der Waals surface area contributed by atoms with Crippen molar-refractivity contribution in [2.45, 2.75) is 6.92 Å². The van der Waals surface area contributed by atoms with E-state index in [0.717, 1.165) is 10.0 Å². The molecule has 2 rings (SSSR count). The highest BCUT2D eigenvalue weighted by molar-refractivity contribution is 9.10. The van der Waals surface area contributed by atoms with Crippen LogP contribution >= 0.6 is 39.7 Å². The van der Waals surface area contributed by atoms with Gasteiger partial charge in [0.15, 0.2) is 0 Å². The van der Waals surface area contributed by atoms with Crippen molar-refractivity contribution in [2.75, 3.05) is 0 Å². The first-order valence-electron chi connectivity index (χ1n) is 5.51. The van der Waals surface area contributed by atoms with Crippen LogP contribution in [0.2, 0.25) is 5.02 Å². The van der Waals surface area contributed by atoms with Gasteiger partial charge in [-0.2, -0.15) is 0 Å². The summed E-state index contributed by atoms with van der Waals surface area (Å²) >= 11 is 14.6. The molecule has 5 heteroatoms. The number of thiocarbonyl (C=S) groups is 1. The lowest BCUT2D eigenvalue weighted by Gasteiger charge is -2.12. The summed E-state index contributed by atoms with van der Waals surface area (Å²) in [4.78, 5) is 0.283. The molecule has 0 bridgehead atoms. The quantitative estimate of drug-likeness (QED) is 0.799. The fraction of sp³-hybridized carbons (Fsp3) is 0.0714. The normalized spacial score (nSPS) is 10.3. The zero-order valence-corrected chi connectivity index (χ0v) is 13.3. The van der Waals surface area contributed by atoms with Crippen molar-refractivity contribution in [2.24, 2.45) is 5.73 Å². The molecule has 0 aliphatic carbocycles. The highest BCUT2D eigenvalue weighted by atomic mass is 79.9. The Balaban J connectivity index is 2.42. The third kappa shape index (κ3) is 3.47. The van der Waals surface area contributed by atoms with Crippen LogP contribution in [-0.4, -0.2) is 4.99 Å². The monoisotopic (exact) mass is 355 g/mol. The Hall–Kier alpha value is -1.10. The number of rotatable bonds is 3. The van der Waals surface area contributed by atoms with Gasteiger partial charge >= 0.3 is 0 Å². The van der Waals surface area contributed by atoms with Crippen molar-refractivity contribution in [3.05, 3.63) is 57.0 Å². The summed E-state index contributed by atoms with van der Waals surface area (Å²) in [5.74, 6) is 1.15. The van der Waals surface area contributed by atoms with E-state index in [1.807, 2.05) is 43.3 Å². The molecule has 0 aliphatic rings. The first-order chi connectivity index (χ1) is 8.97. The first kappa shape index (κ1) is 14.3. The molecule has 2 aromatic rings. The van der Waals surface area contributed by atoms with Gasteiger partial charge in [-0.3, -0.25) is 0 Å². The fourth-order valence-electron chi connectivity index (χ4n) is 1.59. The van der Waals surface area contributed by atoms with Gasteiger partial charge in [-0.15, -0.1) is 0 Å². The summed E-state index contributed by atoms with van der Waals surface area (Å²) < 4.78 is 6.69. The molecule has 0 amide bonds. The fourth-order valence-corrected chi connectivity index (χ4v) is 2.37. The third-order valence-electron chi connectivity index (χ3n) is 2.52. The van der Waals surface area contributed by atoms with Crippen LogP contribution < -0.4 is 10.5 Å². The minimum atomic E-state index is 0.283. The van der Waals surface area contributed by atoms with Crippen LogP contribution in [0.4, 0.5) is 0 Å². The Labute approximate surface area is 130 Å². The second kappa shape index (κ2) is 5.90. The molecule has 0 fully saturated rings. The van der Waals surface area contributed by atoms with Gasteiger partial charge in [-0.25, -0.2) is 0 Å². The molecule has 0 radical (unpaired) electrons. The molecule has 19 heavy (non-hydrogen) atoms. The number of benzene rings is 2. The Bertz CT molecular complexity index is 645. The van der Waals surface area contributed by atoms with Crippen molar-refractivity contribution < 1.29 is 4.74 Å². The number of ether oxygens (including phenoxy) is 1. The van der Waals surface area contributed by atoms with Crippen molar-refractivity contribution in [3.8, 4) is 11.5 Å². The maximum absolute atomic E-state index is 6.15. The van der Waals surface area contributed by atoms with Gasteiger partial charge < -0.3 is 10.5 Å². The van der Waals surface area contributed by atoms with E-state index in [1.165, 1.54) is 0 Å². The van der Waals surface area contributed by atoms with Crippen LogP contribution in [0, 0.1) is 6.92 Å². The van der Waals surface area contributed by atoms with Crippen LogP contribution in [0.5, 0.6) is 11.5 Å². The Morgan fingerprint density at radius 2 is 1.95 bits per heavy atom. The lowest BCUT2D eigenvalue weighted by Crippen LogP contribution is -2.10. The predicted octanol–water partition coefficient (Wildman–Crippen LogP) is 4.84. The molecule has 0 aliphatic heterocycles. The number of hydrogen-bond donors (Lipinski definition) is 1. The van der Waals surface area contributed by atoms with Crippen LogP contribution in [0.3, 0.4) is 0 Å². The minimum absolute atomic E-state index is 0.283. The van der Waals surface area contributed by atoms with Gasteiger partial charge in [-0.05, 0) is 42.8 Å². The molecular formula is C14H11BrClNOS. The van der Waals surface area contributed by atoms with Gasteiger partial charge in [0.1, 0.15) is 16.5 Å². The van der Waals surface area contributed by atoms with Crippen LogP contribution in [0.1, 0.15) is 11.1 Å². The average molecular weight is 357 g/mol. The minimum Gasteiger partial charge on any atom is -0.455 e. The molecule has 0 spiro atoms. The second-order valence-corrected chi connectivity index (χ2v) is 5.80. The molecule has 0 atom stereocenters. The van der Waals surface area contributed by atoms with Crippen LogP contribution in [-0.2, 0) is 0 Å². The SMILES string of the molecule is Cc1ccc(Oc2cc(Br)ccc2C(N)=S)c(Cl)c1. The largest absolute Gasteiger partial charge is 0.455 e. The maximum atomic E-state index is 6.15. The van der Waals surface area contributed by atoms with Crippen molar-refractivity contribution in [1.82, 2.24) is 0 Å². The highest BCUT2D eigenvalue weighted by Gasteiger charge is 2.10. The molecule has 2 N–H and O–H groups in total. The molecule has 98 valence electrons. The van der Waals surface area contributed by atoms with Crippen LogP contribution in [0.15, 0.2) is 40.9 Å². The molecule has 0 saturated carbocycles. The molecule has 0 saturated heterocycles. The Kier molecular flexibility index (Phi) is 4.45. The number of hydrogen-bond acceptors (Lipinski definition) is 2. The zero-order valence-electron chi connectivity index (χ0n) is 10.1. The van der Waals surface area contributed by atoms with E-state index >= 15 is 0 Å². The average Bonchev–Trinajstić information content (AvgIpc) is 2.32. The Morgan fingerprint density at radius 1 is 1.21 bits per heavy atom. The smallest absolute Gasteiger partial charge is 0.146 e. The van der Waals surface area contributed by atoms with Gasteiger partial charge in [0.05, 0.1) is 10.6 Å². The van der Waals surface area contributed by atoms with E-state index in [-0.39, 0.29) is 4.99 Å². The van der Waals surface area contributed by atoms with Gasteiger partial charge in [0.2, 0.25) is 0 Å². The second-order valence-electron chi connectivity index (χ2n) is 4.04. The van der Waals surface area contributed by atoms with Gasteiger partial charge in [-0.1, -0.05) is 45.8 Å². The molecule has 0 heterocycles. The summed E-state index contributed by atoms with van der Waals surface area (Å²) in [5, 5.41) is 0.550. The van der Waals surface area contributed by atoms with Crippen molar-refractivity contribution >= 4 is 44.7 Å². The number of aryl methyl sites for hydroxylation is 1. The molecular weight excluding hydrogens is 346 g/mol. The van der Waals surface area contributed by atoms with E-state index in [1.54, 1.807) is 0 Å². The number of nitrogens with two attached hydrogens (primary N) is 1. The highest BCUT2D eigenvalue weighted by Crippen LogP contribution is 2.33. The predicted molar refractivity (Wildman–Crippen MR) is 86.3 cm³/mol. The van der Waals surface area contributed by atoms with Gasteiger partial charge in [0, 0.05) is 4.47 Å². The van der Waals surface area contributed by atoms with Crippen molar-refractivity contribution in [3.63, 3.8) is 0 Å². The molecule has 0 aromatic heterocycles.